The van der Waals surface area contributed by atoms with E-state index in [1.54, 1.807) is 6.20 Å². The summed E-state index contributed by atoms with van der Waals surface area (Å²) in [5.74, 6) is 0.517. The fraction of sp³-hybridized carbons (Fsp3) is 0.688. The van der Waals surface area contributed by atoms with Gasteiger partial charge in [-0.25, -0.2) is 0 Å². The average molecular weight is 302 g/mol. The van der Waals surface area contributed by atoms with Crippen LogP contribution >= 0.6 is 0 Å². The molecule has 0 radical (unpaired) electrons. The number of likely N-dealkylation sites (tertiary alicyclic amines) is 1. The highest BCUT2D eigenvalue weighted by Crippen LogP contribution is 2.31. The molecule has 0 aromatic carbocycles. The average Bonchev–Trinajstić information content (AvgIpc) is 3.14. The van der Waals surface area contributed by atoms with Crippen LogP contribution in [0.15, 0.2) is 12.3 Å². The number of amides is 2. The molecule has 1 aliphatic carbocycles. The van der Waals surface area contributed by atoms with E-state index in [4.69, 9.17) is 0 Å². The van der Waals surface area contributed by atoms with Crippen LogP contribution in [0.2, 0.25) is 0 Å². The molecule has 0 spiro atoms. The van der Waals surface area contributed by atoms with Crippen LogP contribution in [-0.4, -0.2) is 51.0 Å². The Morgan fingerprint density at radius 2 is 1.82 bits per heavy atom. The maximum absolute atomic E-state index is 12.8. The van der Waals surface area contributed by atoms with Crippen molar-refractivity contribution in [1.29, 1.82) is 0 Å². The van der Waals surface area contributed by atoms with Gasteiger partial charge in [-0.1, -0.05) is 6.42 Å². The maximum Gasteiger partial charge on any atom is 0.249 e. The number of aromatic nitrogens is 2. The van der Waals surface area contributed by atoms with Gasteiger partial charge in [0.15, 0.2) is 0 Å². The van der Waals surface area contributed by atoms with Crippen molar-refractivity contribution >= 4 is 11.8 Å². The summed E-state index contributed by atoms with van der Waals surface area (Å²) in [6.45, 7) is 2.73. The first-order valence-corrected chi connectivity index (χ1v) is 8.34. The van der Waals surface area contributed by atoms with E-state index in [1.807, 2.05) is 20.5 Å². The fourth-order valence-corrected chi connectivity index (χ4v) is 3.71. The standard InChI is InChI=1S/C16H22N4O2/c21-15(12-4-3-5-12)19-10-13-6-7-17-20(13)14(11-19)16(22)18-8-1-2-9-18/h6-7,12,14H,1-5,8-11H2/t14-/m1/s1. The van der Waals surface area contributed by atoms with E-state index in [0.29, 0.717) is 13.1 Å². The highest BCUT2D eigenvalue weighted by molar-refractivity contribution is 5.84. The fourth-order valence-electron chi connectivity index (χ4n) is 3.71. The van der Waals surface area contributed by atoms with Gasteiger partial charge in [0.1, 0.15) is 6.04 Å². The minimum absolute atomic E-state index is 0.119. The zero-order valence-electron chi connectivity index (χ0n) is 12.8. The smallest absolute Gasteiger partial charge is 0.249 e. The highest BCUT2D eigenvalue weighted by atomic mass is 16.2. The number of carbonyl (C=O) groups is 2. The molecule has 2 fully saturated rings. The van der Waals surface area contributed by atoms with E-state index >= 15 is 0 Å². The second-order valence-corrected chi connectivity index (χ2v) is 6.66. The molecular formula is C16H22N4O2. The Kier molecular flexibility index (Phi) is 3.39. The summed E-state index contributed by atoms with van der Waals surface area (Å²) in [5, 5.41) is 4.33. The van der Waals surface area contributed by atoms with Crippen LogP contribution in [0.1, 0.15) is 43.8 Å². The van der Waals surface area contributed by atoms with E-state index in [9.17, 15) is 9.59 Å². The van der Waals surface area contributed by atoms with Gasteiger partial charge in [0.2, 0.25) is 11.8 Å². The van der Waals surface area contributed by atoms with Crippen LogP contribution in [0.4, 0.5) is 0 Å². The summed E-state index contributed by atoms with van der Waals surface area (Å²) in [6.07, 6.45) is 7.04. The predicted molar refractivity (Wildman–Crippen MR) is 79.8 cm³/mol. The molecule has 22 heavy (non-hydrogen) atoms. The third-order valence-corrected chi connectivity index (χ3v) is 5.26. The molecule has 0 N–H and O–H groups in total. The molecule has 118 valence electrons. The molecular weight excluding hydrogens is 280 g/mol. The van der Waals surface area contributed by atoms with E-state index in [2.05, 4.69) is 5.10 Å². The summed E-state index contributed by atoms with van der Waals surface area (Å²) in [5.41, 5.74) is 0.969. The Morgan fingerprint density at radius 3 is 2.50 bits per heavy atom. The van der Waals surface area contributed by atoms with Gasteiger partial charge in [0.05, 0.1) is 18.8 Å². The van der Waals surface area contributed by atoms with Crippen molar-refractivity contribution in [2.75, 3.05) is 19.6 Å². The Labute approximate surface area is 130 Å². The third-order valence-electron chi connectivity index (χ3n) is 5.26. The molecule has 1 atom stereocenters. The van der Waals surface area contributed by atoms with Crippen molar-refractivity contribution in [2.45, 2.75) is 44.7 Å². The quantitative estimate of drug-likeness (QED) is 0.824. The SMILES string of the molecule is O=C(C1CCC1)N1Cc2ccnn2[C@@H](C(=O)N2CCCC2)C1. The van der Waals surface area contributed by atoms with Crippen LogP contribution in [0.5, 0.6) is 0 Å². The lowest BCUT2D eigenvalue weighted by Crippen LogP contribution is -2.49. The van der Waals surface area contributed by atoms with E-state index < -0.39 is 0 Å². The van der Waals surface area contributed by atoms with Gasteiger partial charge in [0.25, 0.3) is 0 Å². The summed E-state index contributed by atoms with van der Waals surface area (Å²) in [7, 11) is 0. The van der Waals surface area contributed by atoms with Gasteiger partial charge in [0, 0.05) is 25.2 Å². The van der Waals surface area contributed by atoms with Crippen LogP contribution in [0.25, 0.3) is 0 Å². The van der Waals surface area contributed by atoms with Gasteiger partial charge >= 0.3 is 0 Å². The van der Waals surface area contributed by atoms with Crippen molar-refractivity contribution in [2.24, 2.45) is 5.92 Å². The minimum atomic E-state index is -0.346. The Morgan fingerprint density at radius 1 is 1.05 bits per heavy atom. The van der Waals surface area contributed by atoms with E-state index in [-0.39, 0.29) is 23.8 Å². The summed E-state index contributed by atoms with van der Waals surface area (Å²) >= 11 is 0. The maximum atomic E-state index is 12.8. The van der Waals surface area contributed by atoms with Gasteiger partial charge in [-0.15, -0.1) is 0 Å². The molecule has 6 heteroatoms. The lowest BCUT2D eigenvalue weighted by Gasteiger charge is -2.38. The van der Waals surface area contributed by atoms with Crippen LogP contribution < -0.4 is 0 Å². The van der Waals surface area contributed by atoms with Crippen LogP contribution in [0, 0.1) is 5.92 Å². The molecule has 0 bridgehead atoms. The first kappa shape index (κ1) is 13.8. The minimum Gasteiger partial charge on any atom is -0.341 e. The first-order valence-electron chi connectivity index (χ1n) is 8.34. The number of fused-ring (bicyclic) bond motifs is 1. The first-order chi connectivity index (χ1) is 10.7. The molecule has 2 aliphatic heterocycles. The lowest BCUT2D eigenvalue weighted by atomic mass is 9.84. The highest BCUT2D eigenvalue weighted by Gasteiger charge is 2.38. The number of nitrogens with zero attached hydrogens (tertiary/aromatic N) is 4. The number of hydrogen-bond donors (Lipinski definition) is 0. The van der Waals surface area contributed by atoms with Gasteiger partial charge in [-0.2, -0.15) is 5.10 Å². The summed E-state index contributed by atoms with van der Waals surface area (Å²) in [6, 6.07) is 1.57. The Balaban J connectivity index is 1.57. The Hall–Kier alpha value is -1.85. The molecule has 1 aromatic heterocycles. The number of rotatable bonds is 2. The van der Waals surface area contributed by atoms with Crippen molar-refractivity contribution < 1.29 is 9.59 Å². The normalized spacial score (nSPS) is 25.0. The van der Waals surface area contributed by atoms with Gasteiger partial charge < -0.3 is 9.80 Å². The molecule has 3 aliphatic rings. The Bertz CT molecular complexity index is 587. The van der Waals surface area contributed by atoms with Crippen molar-refractivity contribution in [3.05, 3.63) is 18.0 Å². The molecule has 1 saturated carbocycles. The molecule has 6 nitrogen and oxygen atoms in total. The lowest BCUT2D eigenvalue weighted by molar-refractivity contribution is -0.143. The zero-order chi connectivity index (χ0) is 15.1. The number of carbonyl (C=O) groups excluding carboxylic acids is 2. The van der Waals surface area contributed by atoms with Gasteiger partial charge in [-0.05, 0) is 31.7 Å². The molecule has 0 unspecified atom stereocenters. The van der Waals surface area contributed by atoms with Crippen LogP contribution in [-0.2, 0) is 16.1 Å². The molecule has 2 amide bonds. The summed E-state index contributed by atoms with van der Waals surface area (Å²) in [4.78, 5) is 29.2. The number of hydrogen-bond acceptors (Lipinski definition) is 3. The molecule has 4 rings (SSSR count). The van der Waals surface area contributed by atoms with Crippen molar-refractivity contribution in [3.8, 4) is 0 Å². The van der Waals surface area contributed by atoms with Crippen molar-refractivity contribution in [3.63, 3.8) is 0 Å². The third kappa shape index (κ3) is 2.21. The van der Waals surface area contributed by atoms with E-state index in [1.165, 1.54) is 0 Å². The molecule has 1 aromatic rings. The van der Waals surface area contributed by atoms with Crippen molar-refractivity contribution in [1.82, 2.24) is 19.6 Å². The summed E-state index contributed by atoms with van der Waals surface area (Å²) < 4.78 is 1.82. The zero-order valence-corrected chi connectivity index (χ0v) is 12.8. The molecule has 3 heterocycles. The molecule has 1 saturated heterocycles. The largest absolute Gasteiger partial charge is 0.341 e. The topological polar surface area (TPSA) is 58.4 Å². The van der Waals surface area contributed by atoms with E-state index in [0.717, 1.165) is 50.9 Å². The van der Waals surface area contributed by atoms with Gasteiger partial charge in [-0.3, -0.25) is 14.3 Å². The monoisotopic (exact) mass is 302 g/mol. The second kappa shape index (κ2) is 5.41. The van der Waals surface area contributed by atoms with Crippen LogP contribution in [0.3, 0.4) is 0 Å². The predicted octanol–water partition coefficient (Wildman–Crippen LogP) is 1.19. The second-order valence-electron chi connectivity index (χ2n) is 6.66.